The summed E-state index contributed by atoms with van der Waals surface area (Å²) in [5, 5.41) is 16.1. The van der Waals surface area contributed by atoms with Crippen molar-refractivity contribution in [3.63, 3.8) is 0 Å². The number of anilines is 1. The Kier molecular flexibility index (Phi) is 4.04. The third kappa shape index (κ3) is 3.06. The van der Waals surface area contributed by atoms with Crippen molar-refractivity contribution < 1.29 is 4.74 Å². The van der Waals surface area contributed by atoms with E-state index in [4.69, 9.17) is 4.74 Å². The lowest BCUT2D eigenvalue weighted by Gasteiger charge is -2.40. The van der Waals surface area contributed by atoms with E-state index < -0.39 is 0 Å². The van der Waals surface area contributed by atoms with Gasteiger partial charge in [-0.2, -0.15) is 4.52 Å². The van der Waals surface area contributed by atoms with Crippen LogP contribution in [0.4, 0.5) is 5.82 Å². The molecule has 22 heavy (non-hydrogen) atoms. The number of rotatable bonds is 3. The first-order valence-corrected chi connectivity index (χ1v) is 8.00. The number of nitrogens with zero attached hydrogens (tertiary/aromatic N) is 4. The molecule has 1 N–H and O–H groups in total. The second-order valence-corrected chi connectivity index (χ2v) is 7.18. The van der Waals surface area contributed by atoms with Crippen LogP contribution in [0.3, 0.4) is 0 Å². The average molecular weight is 303 g/mol. The predicted molar refractivity (Wildman–Crippen MR) is 85.9 cm³/mol. The number of nitrogens with one attached hydrogen (secondary N) is 1. The van der Waals surface area contributed by atoms with Gasteiger partial charge >= 0.3 is 0 Å². The van der Waals surface area contributed by atoms with Crippen LogP contribution in [0.1, 0.15) is 39.4 Å². The monoisotopic (exact) mass is 303 g/mol. The summed E-state index contributed by atoms with van der Waals surface area (Å²) >= 11 is 0. The van der Waals surface area contributed by atoms with Crippen molar-refractivity contribution >= 4 is 11.5 Å². The Morgan fingerprint density at radius 3 is 2.91 bits per heavy atom. The first-order valence-electron chi connectivity index (χ1n) is 8.00. The normalized spacial score (nSPS) is 22.9. The molecule has 6 heteroatoms. The maximum absolute atomic E-state index is 6.03. The van der Waals surface area contributed by atoms with Gasteiger partial charge in [-0.1, -0.05) is 20.8 Å². The molecule has 0 saturated carbocycles. The van der Waals surface area contributed by atoms with Gasteiger partial charge in [-0.15, -0.1) is 15.3 Å². The van der Waals surface area contributed by atoms with Gasteiger partial charge in [-0.3, -0.25) is 0 Å². The Labute approximate surface area is 131 Å². The molecule has 1 aliphatic heterocycles. The number of hydrogen-bond donors (Lipinski definition) is 1. The average Bonchev–Trinajstić information content (AvgIpc) is 2.86. The van der Waals surface area contributed by atoms with Crippen LogP contribution < -0.4 is 5.32 Å². The fraction of sp³-hybridized carbons (Fsp3) is 0.688. The molecular weight excluding hydrogens is 278 g/mol. The van der Waals surface area contributed by atoms with Crippen LogP contribution in [0.25, 0.3) is 5.65 Å². The highest BCUT2D eigenvalue weighted by Crippen LogP contribution is 2.34. The van der Waals surface area contributed by atoms with Gasteiger partial charge in [0, 0.05) is 19.1 Å². The van der Waals surface area contributed by atoms with Crippen LogP contribution in [0.5, 0.6) is 0 Å². The molecule has 2 aromatic heterocycles. The Hall–Kier alpha value is -1.69. The van der Waals surface area contributed by atoms with Crippen LogP contribution >= 0.6 is 0 Å². The molecule has 2 unspecified atom stereocenters. The van der Waals surface area contributed by atoms with Crippen molar-refractivity contribution in [2.45, 2.75) is 46.6 Å². The summed E-state index contributed by atoms with van der Waals surface area (Å²) in [7, 11) is 0. The Morgan fingerprint density at radius 2 is 2.14 bits per heavy atom. The summed E-state index contributed by atoms with van der Waals surface area (Å²) in [5.41, 5.74) is 0.936. The van der Waals surface area contributed by atoms with Gasteiger partial charge in [0.2, 0.25) is 0 Å². The molecule has 1 saturated heterocycles. The Morgan fingerprint density at radius 1 is 1.32 bits per heavy atom. The van der Waals surface area contributed by atoms with E-state index in [0.29, 0.717) is 5.92 Å². The first-order chi connectivity index (χ1) is 10.4. The third-order valence-electron chi connectivity index (χ3n) is 4.26. The van der Waals surface area contributed by atoms with Gasteiger partial charge in [0.05, 0.1) is 6.10 Å². The SMILES string of the molecule is Cc1nnc2ccc(NCC3CCCOC3C(C)(C)C)nn12. The molecule has 1 aliphatic rings. The second kappa shape index (κ2) is 5.83. The predicted octanol–water partition coefficient (Wildman–Crippen LogP) is 2.69. The highest BCUT2D eigenvalue weighted by atomic mass is 16.5. The standard InChI is InChI=1S/C16H25N5O/c1-11-18-19-14-8-7-13(20-21(11)14)17-10-12-6-5-9-22-15(12)16(2,3)4/h7-8,12,15H,5-6,9-10H2,1-4H3,(H,17,20). The van der Waals surface area contributed by atoms with Crippen molar-refractivity contribution in [3.8, 4) is 0 Å². The van der Waals surface area contributed by atoms with Gasteiger partial charge in [0.1, 0.15) is 5.82 Å². The maximum Gasteiger partial charge on any atom is 0.178 e. The van der Waals surface area contributed by atoms with Gasteiger partial charge in [-0.25, -0.2) is 0 Å². The molecule has 3 rings (SSSR count). The third-order valence-corrected chi connectivity index (χ3v) is 4.26. The molecule has 2 atom stereocenters. The van der Waals surface area contributed by atoms with E-state index in [9.17, 15) is 0 Å². The largest absolute Gasteiger partial charge is 0.377 e. The van der Waals surface area contributed by atoms with E-state index in [1.165, 1.54) is 6.42 Å². The fourth-order valence-corrected chi connectivity index (χ4v) is 3.24. The van der Waals surface area contributed by atoms with Crippen molar-refractivity contribution in [2.24, 2.45) is 11.3 Å². The number of fused-ring (bicyclic) bond motifs is 1. The van der Waals surface area contributed by atoms with Gasteiger partial charge in [0.25, 0.3) is 0 Å². The fourth-order valence-electron chi connectivity index (χ4n) is 3.24. The van der Waals surface area contributed by atoms with Gasteiger partial charge in [-0.05, 0) is 37.3 Å². The lowest BCUT2D eigenvalue weighted by atomic mass is 9.78. The van der Waals surface area contributed by atoms with E-state index in [1.807, 2.05) is 19.1 Å². The molecule has 0 amide bonds. The molecule has 0 spiro atoms. The van der Waals surface area contributed by atoms with Crippen molar-refractivity contribution in [1.29, 1.82) is 0 Å². The quantitative estimate of drug-likeness (QED) is 0.944. The number of aromatic nitrogens is 4. The summed E-state index contributed by atoms with van der Waals surface area (Å²) in [6.45, 7) is 10.4. The molecule has 3 heterocycles. The molecule has 0 aliphatic carbocycles. The summed E-state index contributed by atoms with van der Waals surface area (Å²) in [6.07, 6.45) is 2.62. The Bertz CT molecular complexity index is 646. The Balaban J connectivity index is 1.70. The van der Waals surface area contributed by atoms with Crippen LogP contribution in [0, 0.1) is 18.3 Å². The first kappa shape index (κ1) is 15.2. The second-order valence-electron chi connectivity index (χ2n) is 7.18. The smallest absolute Gasteiger partial charge is 0.178 e. The van der Waals surface area contributed by atoms with E-state index in [1.54, 1.807) is 4.52 Å². The summed E-state index contributed by atoms with van der Waals surface area (Å²) in [6, 6.07) is 3.90. The zero-order valence-corrected chi connectivity index (χ0v) is 13.8. The van der Waals surface area contributed by atoms with E-state index >= 15 is 0 Å². The molecule has 2 aromatic rings. The zero-order chi connectivity index (χ0) is 15.7. The molecule has 0 aromatic carbocycles. The van der Waals surface area contributed by atoms with Crippen LogP contribution in [-0.4, -0.2) is 39.1 Å². The maximum atomic E-state index is 6.03. The minimum absolute atomic E-state index is 0.162. The lowest BCUT2D eigenvalue weighted by molar-refractivity contribution is -0.0814. The number of aryl methyl sites for hydroxylation is 1. The molecule has 120 valence electrons. The van der Waals surface area contributed by atoms with E-state index in [-0.39, 0.29) is 11.5 Å². The number of hydrogen-bond acceptors (Lipinski definition) is 5. The topological polar surface area (TPSA) is 64.3 Å². The summed E-state index contributed by atoms with van der Waals surface area (Å²) in [5.74, 6) is 2.16. The van der Waals surface area contributed by atoms with Gasteiger partial charge in [0.15, 0.2) is 11.5 Å². The van der Waals surface area contributed by atoms with Crippen LogP contribution in [0.2, 0.25) is 0 Å². The summed E-state index contributed by atoms with van der Waals surface area (Å²) < 4.78 is 7.80. The highest BCUT2D eigenvalue weighted by Gasteiger charge is 2.35. The lowest BCUT2D eigenvalue weighted by Crippen LogP contribution is -2.42. The summed E-state index contributed by atoms with van der Waals surface area (Å²) in [4.78, 5) is 0. The van der Waals surface area contributed by atoms with E-state index in [0.717, 1.165) is 36.9 Å². The molecule has 0 radical (unpaired) electrons. The van der Waals surface area contributed by atoms with E-state index in [2.05, 4.69) is 41.4 Å². The molecule has 0 bridgehead atoms. The zero-order valence-electron chi connectivity index (χ0n) is 13.8. The molecule has 6 nitrogen and oxygen atoms in total. The minimum Gasteiger partial charge on any atom is -0.377 e. The van der Waals surface area contributed by atoms with Crippen molar-refractivity contribution in [3.05, 3.63) is 18.0 Å². The van der Waals surface area contributed by atoms with Gasteiger partial charge < -0.3 is 10.1 Å². The minimum atomic E-state index is 0.162. The van der Waals surface area contributed by atoms with Crippen LogP contribution in [-0.2, 0) is 4.74 Å². The van der Waals surface area contributed by atoms with Crippen molar-refractivity contribution in [2.75, 3.05) is 18.5 Å². The molecular formula is C16H25N5O. The highest BCUT2D eigenvalue weighted by molar-refractivity contribution is 5.43. The molecule has 1 fully saturated rings. The van der Waals surface area contributed by atoms with Crippen molar-refractivity contribution in [1.82, 2.24) is 19.8 Å². The number of ether oxygens (including phenoxy) is 1. The van der Waals surface area contributed by atoms with Crippen LogP contribution in [0.15, 0.2) is 12.1 Å².